The Morgan fingerprint density at radius 3 is 2.74 bits per heavy atom. The van der Waals surface area contributed by atoms with Crippen molar-refractivity contribution in [2.45, 2.75) is 38.8 Å². The van der Waals surface area contributed by atoms with E-state index in [1.165, 1.54) is 5.39 Å². The molecule has 2 aromatic carbocycles. The van der Waals surface area contributed by atoms with Crippen molar-refractivity contribution in [3.8, 4) is 23.1 Å². The monoisotopic (exact) mass is 357 g/mol. The Bertz CT molecular complexity index is 992. The van der Waals surface area contributed by atoms with Gasteiger partial charge in [0.15, 0.2) is 0 Å². The van der Waals surface area contributed by atoms with Gasteiger partial charge in [-0.25, -0.2) is 4.39 Å². The fraction of sp³-hybridized carbons (Fsp3) is 0.240. The fourth-order valence-corrected chi connectivity index (χ4v) is 3.02. The molecule has 0 radical (unpaired) electrons. The van der Waals surface area contributed by atoms with Gasteiger partial charge in [-0.05, 0) is 60.9 Å². The Labute approximate surface area is 161 Å². The Hall–Kier alpha value is -2.92. The predicted molar refractivity (Wildman–Crippen MR) is 112 cm³/mol. The van der Waals surface area contributed by atoms with Crippen LogP contribution in [0.15, 0.2) is 67.3 Å². The minimum absolute atomic E-state index is 0.581. The summed E-state index contributed by atoms with van der Waals surface area (Å²) in [7, 11) is 0. The number of allylic oxidation sites excluding steroid dienone is 1. The summed E-state index contributed by atoms with van der Waals surface area (Å²) in [5.74, 6) is 6.33. The van der Waals surface area contributed by atoms with E-state index in [1.54, 1.807) is 6.92 Å². The third-order valence-electron chi connectivity index (χ3n) is 4.43. The summed E-state index contributed by atoms with van der Waals surface area (Å²) in [6.45, 7) is 5.37. The first kappa shape index (κ1) is 18.9. The van der Waals surface area contributed by atoms with Crippen molar-refractivity contribution in [3.05, 3.63) is 78.5 Å². The molecule has 27 heavy (non-hydrogen) atoms. The maximum Gasteiger partial charge on any atom is 0.0973 e. The second-order valence-electron chi connectivity index (χ2n) is 6.76. The van der Waals surface area contributed by atoms with Crippen LogP contribution in [0.2, 0.25) is 0 Å². The van der Waals surface area contributed by atoms with Gasteiger partial charge in [-0.3, -0.25) is 4.98 Å². The molecule has 0 aliphatic carbocycles. The largest absolute Gasteiger partial charge is 0.253 e. The van der Waals surface area contributed by atoms with E-state index in [9.17, 15) is 4.39 Å². The van der Waals surface area contributed by atoms with Crippen LogP contribution >= 0.6 is 0 Å². The number of benzene rings is 2. The predicted octanol–water partition coefficient (Wildman–Crippen LogP) is 6.51. The van der Waals surface area contributed by atoms with Crippen LogP contribution in [0.4, 0.5) is 4.39 Å². The van der Waals surface area contributed by atoms with Gasteiger partial charge in [0, 0.05) is 29.7 Å². The molecule has 3 aromatic rings. The first-order chi connectivity index (χ1) is 13.2. The molecule has 0 spiro atoms. The van der Waals surface area contributed by atoms with Crippen LogP contribution in [0.25, 0.3) is 22.0 Å². The van der Waals surface area contributed by atoms with Gasteiger partial charge in [-0.2, -0.15) is 0 Å². The summed E-state index contributed by atoms with van der Waals surface area (Å²) in [6, 6.07) is 18.7. The van der Waals surface area contributed by atoms with E-state index in [-0.39, 0.29) is 0 Å². The topological polar surface area (TPSA) is 12.9 Å². The van der Waals surface area contributed by atoms with E-state index >= 15 is 0 Å². The molecule has 0 saturated carbocycles. The lowest BCUT2D eigenvalue weighted by Crippen LogP contribution is -1.90. The number of alkyl halides is 1. The first-order valence-electron chi connectivity index (χ1n) is 9.39. The maximum absolute atomic E-state index is 12.8. The van der Waals surface area contributed by atoms with Crippen molar-refractivity contribution in [1.29, 1.82) is 0 Å². The molecule has 1 atom stereocenters. The average Bonchev–Trinajstić information content (AvgIpc) is 2.67. The third-order valence-corrected chi connectivity index (χ3v) is 4.43. The second kappa shape index (κ2) is 9.14. The smallest absolute Gasteiger partial charge is 0.0973 e. The quantitative estimate of drug-likeness (QED) is 0.278. The van der Waals surface area contributed by atoms with Crippen molar-refractivity contribution in [3.63, 3.8) is 0 Å². The number of fused-ring (bicyclic) bond motifs is 1. The van der Waals surface area contributed by atoms with Crippen LogP contribution in [0, 0.1) is 11.8 Å². The molecule has 136 valence electrons. The summed E-state index contributed by atoms with van der Waals surface area (Å²) in [5.41, 5.74) is 4.10. The van der Waals surface area contributed by atoms with Crippen molar-refractivity contribution in [1.82, 2.24) is 4.98 Å². The molecular weight excluding hydrogens is 333 g/mol. The Balaban J connectivity index is 1.78. The summed E-state index contributed by atoms with van der Waals surface area (Å²) >= 11 is 0. The van der Waals surface area contributed by atoms with Gasteiger partial charge in [0.05, 0.1) is 11.9 Å². The molecule has 1 aromatic heterocycles. The van der Waals surface area contributed by atoms with Gasteiger partial charge in [0.1, 0.15) is 0 Å². The highest BCUT2D eigenvalue weighted by atomic mass is 19.1. The standard InChI is InChI=1S/C25H24FN/c1-3-8-24-11-7-12-25(27-24)23-16-15-21-17-20(13-14-22(21)18-23)10-6-4-5-9-19(2)26/h3,7,11-19H,1,4-5,8-9H2,2H3. The number of hydrogen-bond donors (Lipinski definition) is 0. The molecule has 1 unspecified atom stereocenters. The van der Waals surface area contributed by atoms with Gasteiger partial charge in [-0.15, -0.1) is 6.58 Å². The van der Waals surface area contributed by atoms with Crippen LogP contribution in [-0.4, -0.2) is 11.2 Å². The Morgan fingerprint density at radius 2 is 1.93 bits per heavy atom. The molecule has 1 nitrogen and oxygen atoms in total. The molecule has 0 bridgehead atoms. The van der Waals surface area contributed by atoms with E-state index in [0.29, 0.717) is 6.42 Å². The van der Waals surface area contributed by atoms with Gasteiger partial charge in [0.25, 0.3) is 0 Å². The second-order valence-corrected chi connectivity index (χ2v) is 6.76. The number of nitrogens with zero attached hydrogens (tertiary/aromatic N) is 1. The minimum Gasteiger partial charge on any atom is -0.253 e. The van der Waals surface area contributed by atoms with Gasteiger partial charge in [0.2, 0.25) is 0 Å². The SMILES string of the molecule is C=CCc1cccc(-c2ccc3cc(C#CCCCC(C)F)ccc3c2)n1. The zero-order chi connectivity index (χ0) is 19.1. The number of unbranched alkanes of at least 4 members (excludes halogenated alkanes) is 1. The molecule has 1 heterocycles. The highest BCUT2D eigenvalue weighted by Gasteiger charge is 2.03. The van der Waals surface area contributed by atoms with E-state index in [4.69, 9.17) is 4.98 Å². The summed E-state index contributed by atoms with van der Waals surface area (Å²) in [4.78, 5) is 4.71. The van der Waals surface area contributed by atoms with Crippen molar-refractivity contribution < 1.29 is 4.39 Å². The van der Waals surface area contributed by atoms with E-state index in [0.717, 1.165) is 47.2 Å². The normalized spacial score (nSPS) is 11.6. The minimum atomic E-state index is -0.742. The first-order valence-corrected chi connectivity index (χ1v) is 9.39. The molecule has 0 fully saturated rings. The molecule has 0 aliphatic heterocycles. The van der Waals surface area contributed by atoms with Gasteiger partial charge in [-0.1, -0.05) is 42.2 Å². The van der Waals surface area contributed by atoms with Crippen LogP contribution in [0.5, 0.6) is 0 Å². The number of pyridine rings is 1. The van der Waals surface area contributed by atoms with Crippen molar-refractivity contribution in [2.24, 2.45) is 0 Å². The number of aromatic nitrogens is 1. The lowest BCUT2D eigenvalue weighted by atomic mass is 10.0. The summed E-state index contributed by atoms with van der Waals surface area (Å²) in [6.07, 6.45) is 4.02. The van der Waals surface area contributed by atoms with Crippen LogP contribution in [0.1, 0.15) is 37.4 Å². The lowest BCUT2D eigenvalue weighted by Gasteiger charge is -2.06. The van der Waals surface area contributed by atoms with E-state index < -0.39 is 6.17 Å². The molecular formula is C25H24FN. The summed E-state index contributed by atoms with van der Waals surface area (Å²) in [5, 5.41) is 2.32. The molecule has 0 amide bonds. The van der Waals surface area contributed by atoms with Gasteiger partial charge < -0.3 is 0 Å². The van der Waals surface area contributed by atoms with E-state index in [2.05, 4.69) is 48.8 Å². The third kappa shape index (κ3) is 5.28. The number of halogens is 1. The highest BCUT2D eigenvalue weighted by Crippen LogP contribution is 2.24. The lowest BCUT2D eigenvalue weighted by molar-refractivity contribution is 0.336. The maximum atomic E-state index is 12.8. The molecule has 0 aliphatic rings. The van der Waals surface area contributed by atoms with Crippen LogP contribution in [0.3, 0.4) is 0 Å². The molecule has 0 saturated heterocycles. The van der Waals surface area contributed by atoms with Gasteiger partial charge >= 0.3 is 0 Å². The van der Waals surface area contributed by atoms with Crippen molar-refractivity contribution in [2.75, 3.05) is 0 Å². The average molecular weight is 357 g/mol. The number of rotatable bonds is 6. The number of hydrogen-bond acceptors (Lipinski definition) is 1. The molecule has 0 N–H and O–H groups in total. The van der Waals surface area contributed by atoms with Crippen LogP contribution < -0.4 is 0 Å². The highest BCUT2D eigenvalue weighted by molar-refractivity contribution is 5.87. The fourth-order valence-electron chi connectivity index (χ4n) is 3.02. The Kier molecular flexibility index (Phi) is 6.39. The molecule has 3 rings (SSSR count). The zero-order valence-corrected chi connectivity index (χ0v) is 15.7. The van der Waals surface area contributed by atoms with Crippen molar-refractivity contribution >= 4 is 10.8 Å². The van der Waals surface area contributed by atoms with E-state index in [1.807, 2.05) is 30.3 Å². The molecule has 2 heteroatoms. The summed E-state index contributed by atoms with van der Waals surface area (Å²) < 4.78 is 12.8. The zero-order valence-electron chi connectivity index (χ0n) is 15.7. The van der Waals surface area contributed by atoms with Crippen LogP contribution in [-0.2, 0) is 6.42 Å². The Morgan fingerprint density at radius 1 is 1.11 bits per heavy atom.